The van der Waals surface area contributed by atoms with Crippen LogP contribution in [0.3, 0.4) is 0 Å². The molecule has 1 fully saturated rings. The van der Waals surface area contributed by atoms with Crippen LogP contribution in [0.1, 0.15) is 38.2 Å². The maximum absolute atomic E-state index is 5.94. The van der Waals surface area contributed by atoms with Crippen molar-refractivity contribution in [1.29, 1.82) is 0 Å². The second kappa shape index (κ2) is 12.6. The third kappa shape index (κ3) is 8.07. The molecule has 0 amide bonds. The second-order valence-corrected chi connectivity index (χ2v) is 7.85. The molecule has 1 atom stereocenters. The smallest absolute Gasteiger partial charge is 0.191 e. The third-order valence-electron chi connectivity index (χ3n) is 5.29. The number of nitrogens with zero attached hydrogens (tertiary/aromatic N) is 3. The quantitative estimate of drug-likeness (QED) is 0.366. The van der Waals surface area contributed by atoms with Crippen molar-refractivity contribution in [3.8, 4) is 5.75 Å². The third-order valence-corrected chi connectivity index (χ3v) is 5.29. The highest BCUT2D eigenvalue weighted by Crippen LogP contribution is 2.18. The summed E-state index contributed by atoms with van der Waals surface area (Å²) < 4.78 is 5.94. The van der Waals surface area contributed by atoms with Crippen molar-refractivity contribution in [2.24, 2.45) is 4.99 Å². The SMILES string of the molecule is CN=C(NCCCN1CCCCC1C)NCc1ccccc1OCCN(C)C. The predicted octanol–water partition coefficient (Wildman–Crippen LogP) is 2.56. The molecule has 0 radical (unpaired) electrons. The molecule has 1 saturated heterocycles. The molecular weight excluding hydrogens is 350 g/mol. The molecule has 2 N–H and O–H groups in total. The lowest BCUT2D eigenvalue weighted by molar-refractivity contribution is 0.159. The molecule has 0 spiro atoms. The number of likely N-dealkylation sites (N-methyl/N-ethyl adjacent to an activating group) is 1. The summed E-state index contributed by atoms with van der Waals surface area (Å²) in [6.45, 7) is 7.98. The summed E-state index contributed by atoms with van der Waals surface area (Å²) in [5.41, 5.74) is 1.14. The van der Waals surface area contributed by atoms with E-state index in [2.05, 4.69) is 52.5 Å². The number of nitrogens with one attached hydrogen (secondary N) is 2. The number of likely N-dealkylation sites (tertiary alicyclic amines) is 1. The van der Waals surface area contributed by atoms with Gasteiger partial charge in [0.05, 0.1) is 0 Å². The highest BCUT2D eigenvalue weighted by atomic mass is 16.5. The van der Waals surface area contributed by atoms with Crippen molar-refractivity contribution >= 4 is 5.96 Å². The number of hydrogen-bond acceptors (Lipinski definition) is 4. The van der Waals surface area contributed by atoms with Gasteiger partial charge in [-0.15, -0.1) is 0 Å². The molecule has 1 aromatic rings. The van der Waals surface area contributed by atoms with E-state index >= 15 is 0 Å². The number of guanidine groups is 1. The Balaban J connectivity index is 1.71. The number of ether oxygens (including phenoxy) is 1. The first-order valence-corrected chi connectivity index (χ1v) is 10.6. The first kappa shape index (κ1) is 22.5. The van der Waals surface area contributed by atoms with Gasteiger partial charge >= 0.3 is 0 Å². The topological polar surface area (TPSA) is 52.1 Å². The second-order valence-electron chi connectivity index (χ2n) is 7.85. The van der Waals surface area contributed by atoms with Crippen LogP contribution < -0.4 is 15.4 Å². The normalized spacial score (nSPS) is 18.3. The molecule has 1 aliphatic rings. The van der Waals surface area contributed by atoms with Crippen LogP contribution in [0.25, 0.3) is 0 Å². The summed E-state index contributed by atoms with van der Waals surface area (Å²) in [6, 6.07) is 8.93. The number of aliphatic imine (C=N–C) groups is 1. The lowest BCUT2D eigenvalue weighted by Crippen LogP contribution is -2.41. The summed E-state index contributed by atoms with van der Waals surface area (Å²) in [7, 11) is 5.93. The number of rotatable bonds is 10. The lowest BCUT2D eigenvalue weighted by Gasteiger charge is -2.33. The Hall–Kier alpha value is -1.79. The van der Waals surface area contributed by atoms with Gasteiger partial charge in [0.15, 0.2) is 5.96 Å². The van der Waals surface area contributed by atoms with Crippen LogP contribution >= 0.6 is 0 Å². The zero-order valence-corrected chi connectivity index (χ0v) is 18.2. The summed E-state index contributed by atoms with van der Waals surface area (Å²) in [4.78, 5) is 9.09. The van der Waals surface area contributed by atoms with Gasteiger partial charge in [0.25, 0.3) is 0 Å². The summed E-state index contributed by atoms with van der Waals surface area (Å²) in [5, 5.41) is 6.84. The fourth-order valence-corrected chi connectivity index (χ4v) is 3.51. The van der Waals surface area contributed by atoms with Gasteiger partial charge in [0, 0.05) is 44.8 Å². The Kier molecular flexibility index (Phi) is 10.1. The highest BCUT2D eigenvalue weighted by Gasteiger charge is 2.17. The molecule has 1 unspecified atom stereocenters. The van der Waals surface area contributed by atoms with Crippen LogP contribution in [0.4, 0.5) is 0 Å². The number of hydrogen-bond donors (Lipinski definition) is 2. The molecular formula is C22H39N5O. The van der Waals surface area contributed by atoms with Gasteiger partial charge in [-0.3, -0.25) is 4.99 Å². The van der Waals surface area contributed by atoms with Gasteiger partial charge in [-0.05, 0) is 52.9 Å². The summed E-state index contributed by atoms with van der Waals surface area (Å²) >= 11 is 0. The molecule has 28 heavy (non-hydrogen) atoms. The van der Waals surface area contributed by atoms with Crippen molar-refractivity contribution < 1.29 is 4.74 Å². The van der Waals surface area contributed by atoms with E-state index in [1.165, 1.54) is 25.8 Å². The highest BCUT2D eigenvalue weighted by molar-refractivity contribution is 5.79. The summed E-state index contributed by atoms with van der Waals surface area (Å²) in [6.07, 6.45) is 5.20. The molecule has 0 saturated carbocycles. The maximum atomic E-state index is 5.94. The van der Waals surface area contributed by atoms with E-state index in [-0.39, 0.29) is 0 Å². The minimum Gasteiger partial charge on any atom is -0.492 e. The Morgan fingerprint density at radius 2 is 2.07 bits per heavy atom. The Labute approximate surface area is 171 Å². The van der Waals surface area contributed by atoms with Crippen LogP contribution in [0.5, 0.6) is 5.75 Å². The molecule has 1 aliphatic heterocycles. The average Bonchev–Trinajstić information content (AvgIpc) is 2.69. The van der Waals surface area contributed by atoms with E-state index < -0.39 is 0 Å². The maximum Gasteiger partial charge on any atom is 0.191 e. The number of benzene rings is 1. The first-order chi connectivity index (χ1) is 13.6. The molecule has 2 rings (SSSR count). The molecule has 6 nitrogen and oxygen atoms in total. The van der Waals surface area contributed by atoms with Crippen LogP contribution in [-0.4, -0.2) is 75.7 Å². The molecule has 0 aromatic heterocycles. The minimum atomic E-state index is 0.686. The summed E-state index contributed by atoms with van der Waals surface area (Å²) in [5.74, 6) is 1.78. The molecule has 1 heterocycles. The van der Waals surface area contributed by atoms with Gasteiger partial charge < -0.3 is 25.2 Å². The van der Waals surface area contributed by atoms with E-state index in [9.17, 15) is 0 Å². The van der Waals surface area contributed by atoms with Crippen LogP contribution in [-0.2, 0) is 6.54 Å². The van der Waals surface area contributed by atoms with Crippen LogP contribution in [0, 0.1) is 0 Å². The van der Waals surface area contributed by atoms with Crippen LogP contribution in [0.15, 0.2) is 29.3 Å². The lowest BCUT2D eigenvalue weighted by atomic mass is 10.0. The van der Waals surface area contributed by atoms with Crippen molar-refractivity contribution in [1.82, 2.24) is 20.4 Å². The van der Waals surface area contributed by atoms with Gasteiger partial charge in [0.1, 0.15) is 12.4 Å². The predicted molar refractivity (Wildman–Crippen MR) is 118 cm³/mol. The first-order valence-electron chi connectivity index (χ1n) is 10.6. The molecule has 6 heteroatoms. The van der Waals surface area contributed by atoms with E-state index in [4.69, 9.17) is 4.74 Å². The Bertz CT molecular complexity index is 590. The van der Waals surface area contributed by atoms with Crippen molar-refractivity contribution in [2.45, 2.75) is 45.2 Å². The molecule has 0 bridgehead atoms. The zero-order chi connectivity index (χ0) is 20.2. The van der Waals surface area contributed by atoms with E-state index in [1.54, 1.807) is 0 Å². The van der Waals surface area contributed by atoms with E-state index in [1.807, 2.05) is 25.2 Å². The fourth-order valence-electron chi connectivity index (χ4n) is 3.51. The van der Waals surface area contributed by atoms with Crippen molar-refractivity contribution in [3.63, 3.8) is 0 Å². The number of piperidine rings is 1. The fraction of sp³-hybridized carbons (Fsp3) is 0.682. The van der Waals surface area contributed by atoms with Crippen LogP contribution in [0.2, 0.25) is 0 Å². The molecule has 1 aromatic carbocycles. The van der Waals surface area contributed by atoms with Crippen molar-refractivity contribution in [2.75, 3.05) is 53.9 Å². The van der Waals surface area contributed by atoms with E-state index in [0.717, 1.165) is 49.4 Å². The molecule has 158 valence electrons. The largest absolute Gasteiger partial charge is 0.492 e. The monoisotopic (exact) mass is 389 g/mol. The van der Waals surface area contributed by atoms with E-state index in [0.29, 0.717) is 13.2 Å². The van der Waals surface area contributed by atoms with Gasteiger partial charge in [-0.1, -0.05) is 24.6 Å². The zero-order valence-electron chi connectivity index (χ0n) is 18.2. The van der Waals surface area contributed by atoms with Crippen molar-refractivity contribution in [3.05, 3.63) is 29.8 Å². The molecule has 0 aliphatic carbocycles. The Morgan fingerprint density at radius 3 is 2.82 bits per heavy atom. The van der Waals surface area contributed by atoms with Gasteiger partial charge in [-0.2, -0.15) is 0 Å². The van der Waals surface area contributed by atoms with Gasteiger partial charge in [0.2, 0.25) is 0 Å². The standard InChI is InChI=1S/C22H39N5O/c1-19-10-7-8-14-27(19)15-9-13-24-22(23-2)25-18-20-11-5-6-12-21(20)28-17-16-26(3)4/h5-6,11-12,19H,7-10,13-18H2,1-4H3,(H2,23,24,25). The average molecular weight is 390 g/mol. The Morgan fingerprint density at radius 1 is 1.25 bits per heavy atom. The minimum absolute atomic E-state index is 0.686. The van der Waals surface area contributed by atoms with Gasteiger partial charge in [-0.25, -0.2) is 0 Å². The number of para-hydroxylation sites is 1.